The number of hydrogen-bond donors (Lipinski definition) is 3. The van der Waals surface area contributed by atoms with E-state index in [1.807, 2.05) is 31.2 Å². The summed E-state index contributed by atoms with van der Waals surface area (Å²) in [4.78, 5) is 4.59. The van der Waals surface area contributed by atoms with Crippen LogP contribution in [-0.4, -0.2) is 34.5 Å². The smallest absolute Gasteiger partial charge is 0.215 e. The Bertz CT molecular complexity index is 648. The van der Waals surface area contributed by atoms with E-state index >= 15 is 0 Å². The highest BCUT2D eigenvalue weighted by Gasteiger charge is 2.08. The highest BCUT2D eigenvalue weighted by Crippen LogP contribution is 2.09. The van der Waals surface area contributed by atoms with Crippen molar-refractivity contribution in [2.75, 3.05) is 20.1 Å². The molecule has 0 radical (unpaired) electrons. The van der Waals surface area contributed by atoms with Crippen molar-refractivity contribution in [3.8, 4) is 0 Å². The quantitative estimate of drug-likeness (QED) is 0.201. The number of nitrogens with zero attached hydrogens (tertiary/aromatic N) is 1. The Labute approximate surface area is 175 Å². The molecule has 6 nitrogen and oxygen atoms in total. The van der Waals surface area contributed by atoms with Crippen LogP contribution in [0, 0.1) is 5.92 Å². The van der Waals surface area contributed by atoms with Crippen molar-refractivity contribution in [2.45, 2.75) is 45.9 Å². The topological polar surface area (TPSA) is 82.6 Å². The number of guanidine groups is 1. The van der Waals surface area contributed by atoms with E-state index in [1.165, 1.54) is 13.5 Å². The van der Waals surface area contributed by atoms with Crippen LogP contribution in [-0.2, 0) is 22.3 Å². The van der Waals surface area contributed by atoms with Crippen LogP contribution in [0.3, 0.4) is 0 Å². The molecule has 0 heterocycles. The first-order valence-electron chi connectivity index (χ1n) is 8.87. The number of rotatable bonds is 10. The van der Waals surface area contributed by atoms with E-state index in [9.17, 15) is 8.42 Å². The van der Waals surface area contributed by atoms with E-state index < -0.39 is 10.0 Å². The molecule has 8 heteroatoms. The van der Waals surface area contributed by atoms with Crippen molar-refractivity contribution < 1.29 is 8.42 Å². The highest BCUT2D eigenvalue weighted by atomic mass is 127. The Morgan fingerprint density at radius 1 is 1.19 bits per heavy atom. The second kappa shape index (κ2) is 13.3. The van der Waals surface area contributed by atoms with Gasteiger partial charge in [-0.1, -0.05) is 38.1 Å². The van der Waals surface area contributed by atoms with Gasteiger partial charge in [0.2, 0.25) is 10.0 Å². The molecule has 0 unspecified atom stereocenters. The summed E-state index contributed by atoms with van der Waals surface area (Å²) in [5, 5.41) is 6.58. The number of sulfonamides is 1. The maximum atomic E-state index is 11.7. The third-order valence-electron chi connectivity index (χ3n) is 3.67. The molecule has 3 N–H and O–H groups in total. The number of benzene rings is 1. The van der Waals surface area contributed by atoms with Gasteiger partial charge in [-0.15, -0.1) is 24.0 Å². The fraction of sp³-hybridized carbons (Fsp3) is 0.611. The fourth-order valence-electron chi connectivity index (χ4n) is 2.34. The minimum Gasteiger partial charge on any atom is -0.357 e. The minimum atomic E-state index is -3.26. The average molecular weight is 496 g/mol. The summed E-state index contributed by atoms with van der Waals surface area (Å²) in [6.45, 7) is 8.68. The van der Waals surface area contributed by atoms with Crippen LogP contribution in [0.5, 0.6) is 0 Å². The summed E-state index contributed by atoms with van der Waals surface area (Å²) in [5.74, 6) is 1.48. The van der Waals surface area contributed by atoms with Crippen molar-refractivity contribution in [1.82, 2.24) is 15.4 Å². The minimum absolute atomic E-state index is 0. The Morgan fingerprint density at radius 2 is 1.88 bits per heavy atom. The summed E-state index contributed by atoms with van der Waals surface area (Å²) in [7, 11) is -1.83. The van der Waals surface area contributed by atoms with Crippen LogP contribution in [0.1, 0.15) is 44.7 Å². The predicted octanol–water partition coefficient (Wildman–Crippen LogP) is 2.85. The van der Waals surface area contributed by atoms with Gasteiger partial charge in [0, 0.05) is 13.1 Å². The molecule has 0 aliphatic heterocycles. The van der Waals surface area contributed by atoms with Crippen LogP contribution in [0.15, 0.2) is 29.3 Å². The summed E-state index contributed by atoms with van der Waals surface area (Å²) in [5.41, 5.74) is 1.75. The van der Waals surface area contributed by atoms with E-state index in [2.05, 4.69) is 34.2 Å². The van der Waals surface area contributed by atoms with Crippen molar-refractivity contribution in [2.24, 2.45) is 10.9 Å². The zero-order chi connectivity index (χ0) is 18.7. The lowest BCUT2D eigenvalue weighted by molar-refractivity contribution is 0.549. The molecule has 0 aliphatic rings. The maximum Gasteiger partial charge on any atom is 0.215 e. The summed E-state index contributed by atoms with van der Waals surface area (Å²) in [6, 6.07) is 7.54. The van der Waals surface area contributed by atoms with Crippen LogP contribution < -0.4 is 15.4 Å². The van der Waals surface area contributed by atoms with Gasteiger partial charge in [-0.25, -0.2) is 18.1 Å². The Morgan fingerprint density at radius 3 is 2.50 bits per heavy atom. The molecule has 0 bridgehead atoms. The normalized spacial score (nSPS) is 12.0. The first-order chi connectivity index (χ1) is 11.9. The molecule has 1 rings (SSSR count). The summed E-state index contributed by atoms with van der Waals surface area (Å²) in [6.07, 6.45) is 2.30. The number of aliphatic imine (C=N–C) groups is 1. The SMILES string of the molecule is CCNC(=NCc1cccc(CS(=O)(=O)NC)c1)NCCCC(C)C.I. The lowest BCUT2D eigenvalue weighted by Gasteiger charge is -2.12. The molecule has 0 fully saturated rings. The zero-order valence-electron chi connectivity index (χ0n) is 16.2. The summed E-state index contributed by atoms with van der Waals surface area (Å²) < 4.78 is 25.7. The lowest BCUT2D eigenvalue weighted by Crippen LogP contribution is -2.37. The van der Waals surface area contributed by atoms with Gasteiger partial charge >= 0.3 is 0 Å². The first-order valence-corrected chi connectivity index (χ1v) is 10.5. The largest absolute Gasteiger partial charge is 0.357 e. The maximum absolute atomic E-state index is 11.7. The Hall–Kier alpha value is -0.870. The van der Waals surface area contributed by atoms with Crippen molar-refractivity contribution in [3.05, 3.63) is 35.4 Å². The van der Waals surface area contributed by atoms with Crippen LogP contribution in [0.4, 0.5) is 0 Å². The van der Waals surface area contributed by atoms with Crippen LogP contribution >= 0.6 is 24.0 Å². The van der Waals surface area contributed by atoms with Crippen LogP contribution in [0.25, 0.3) is 0 Å². The molecule has 1 aromatic carbocycles. The standard InChI is InChI=1S/C18H32N4O2S.HI/c1-5-20-18(21-11-7-8-15(2)3)22-13-16-9-6-10-17(12-16)14-25(23,24)19-4;/h6,9-10,12,15,19H,5,7-8,11,13-14H2,1-4H3,(H2,20,21,22);1H. The molecule has 150 valence electrons. The molecule has 26 heavy (non-hydrogen) atoms. The van der Waals surface area contributed by atoms with E-state index in [0.29, 0.717) is 12.5 Å². The molecule has 0 spiro atoms. The molecule has 0 aliphatic carbocycles. The summed E-state index contributed by atoms with van der Waals surface area (Å²) >= 11 is 0. The molecule has 0 saturated carbocycles. The van der Waals surface area contributed by atoms with Gasteiger partial charge < -0.3 is 10.6 Å². The predicted molar refractivity (Wildman–Crippen MR) is 120 cm³/mol. The number of halogens is 1. The molecule has 1 aromatic rings. The second-order valence-corrected chi connectivity index (χ2v) is 8.37. The van der Waals surface area contributed by atoms with E-state index in [-0.39, 0.29) is 29.7 Å². The van der Waals surface area contributed by atoms with Gasteiger partial charge in [-0.05, 0) is 43.9 Å². The van der Waals surface area contributed by atoms with Gasteiger partial charge in [-0.2, -0.15) is 0 Å². The fourth-order valence-corrected chi connectivity index (χ4v) is 3.10. The Balaban J connectivity index is 0.00000625. The molecular formula is C18H33IN4O2S. The van der Waals surface area contributed by atoms with Gasteiger partial charge in [0.15, 0.2) is 5.96 Å². The van der Waals surface area contributed by atoms with Crippen LogP contribution in [0.2, 0.25) is 0 Å². The van der Waals surface area contributed by atoms with Crippen molar-refractivity contribution >= 4 is 40.0 Å². The molecule has 0 amide bonds. The van der Waals surface area contributed by atoms with Gasteiger partial charge in [0.1, 0.15) is 0 Å². The van der Waals surface area contributed by atoms with E-state index in [4.69, 9.17) is 0 Å². The third kappa shape index (κ3) is 11.0. The lowest BCUT2D eigenvalue weighted by atomic mass is 10.1. The molecular weight excluding hydrogens is 463 g/mol. The Kier molecular flexibility index (Phi) is 12.9. The van der Waals surface area contributed by atoms with Gasteiger partial charge in [-0.3, -0.25) is 0 Å². The van der Waals surface area contributed by atoms with E-state index in [0.717, 1.165) is 36.6 Å². The zero-order valence-corrected chi connectivity index (χ0v) is 19.4. The second-order valence-electron chi connectivity index (χ2n) is 6.44. The van der Waals surface area contributed by atoms with Gasteiger partial charge in [0.05, 0.1) is 12.3 Å². The monoisotopic (exact) mass is 496 g/mol. The molecule has 0 aromatic heterocycles. The number of nitrogens with one attached hydrogen (secondary N) is 3. The molecule has 0 atom stereocenters. The molecule has 0 saturated heterocycles. The first kappa shape index (κ1) is 25.1. The van der Waals surface area contributed by atoms with Crippen molar-refractivity contribution in [1.29, 1.82) is 0 Å². The highest BCUT2D eigenvalue weighted by molar-refractivity contribution is 14.0. The third-order valence-corrected chi connectivity index (χ3v) is 5.01. The number of hydrogen-bond acceptors (Lipinski definition) is 3. The van der Waals surface area contributed by atoms with E-state index in [1.54, 1.807) is 0 Å². The van der Waals surface area contributed by atoms with Gasteiger partial charge in [0.25, 0.3) is 0 Å². The van der Waals surface area contributed by atoms with Crippen molar-refractivity contribution in [3.63, 3.8) is 0 Å². The average Bonchev–Trinajstić information content (AvgIpc) is 2.56.